The van der Waals surface area contributed by atoms with Crippen molar-refractivity contribution in [1.82, 2.24) is 5.32 Å². The van der Waals surface area contributed by atoms with E-state index in [0.29, 0.717) is 23.7 Å². The van der Waals surface area contributed by atoms with Crippen molar-refractivity contribution in [3.8, 4) is 11.8 Å². The molecule has 1 saturated heterocycles. The number of ether oxygens (including phenoxy) is 2. The number of benzene rings is 2. The third kappa shape index (κ3) is 5.73. The van der Waals surface area contributed by atoms with Crippen LogP contribution >= 0.6 is 11.6 Å². The molecule has 1 fully saturated rings. The van der Waals surface area contributed by atoms with Gasteiger partial charge < -0.3 is 14.8 Å². The van der Waals surface area contributed by atoms with Gasteiger partial charge in [0.2, 0.25) is 0 Å². The Bertz CT molecular complexity index is 925. The smallest absolute Gasteiger partial charge is 0.387 e. The summed E-state index contributed by atoms with van der Waals surface area (Å²) in [5.74, 6) is -0.347. The third-order valence-electron chi connectivity index (χ3n) is 4.56. The molecule has 1 aliphatic rings. The highest BCUT2D eigenvalue weighted by molar-refractivity contribution is 6.31. The van der Waals surface area contributed by atoms with Gasteiger partial charge in [-0.05, 0) is 35.4 Å². The molecule has 2 aromatic rings. The van der Waals surface area contributed by atoms with Crippen molar-refractivity contribution in [2.75, 3.05) is 19.7 Å². The van der Waals surface area contributed by atoms with Crippen LogP contribution in [0.5, 0.6) is 5.75 Å². The van der Waals surface area contributed by atoms with E-state index in [1.54, 1.807) is 12.1 Å². The highest BCUT2D eigenvalue weighted by atomic mass is 35.5. The number of carbonyl (C=O) groups excluding carboxylic acids is 1. The Balaban J connectivity index is 1.71. The lowest BCUT2D eigenvalue weighted by molar-refractivity contribution is -0.117. The molecule has 5 nitrogen and oxygen atoms in total. The van der Waals surface area contributed by atoms with E-state index in [1.165, 1.54) is 18.2 Å². The first-order chi connectivity index (χ1) is 14.0. The molecule has 3 rings (SSSR count). The van der Waals surface area contributed by atoms with E-state index in [9.17, 15) is 13.6 Å². The Morgan fingerprint density at radius 1 is 1.28 bits per heavy atom. The number of alkyl halides is 2. The van der Waals surface area contributed by atoms with Crippen LogP contribution in [0.15, 0.2) is 36.4 Å². The molecule has 0 amide bonds. The predicted octanol–water partition coefficient (Wildman–Crippen LogP) is 3.83. The number of Topliss-reactive ketones (excluding diaryl/α,β-unsaturated/α-hetero) is 1. The summed E-state index contributed by atoms with van der Waals surface area (Å²) in [6, 6.07) is 11.4. The van der Waals surface area contributed by atoms with E-state index in [4.69, 9.17) is 21.6 Å². The Hall–Kier alpha value is -2.53. The van der Waals surface area contributed by atoms with E-state index in [0.717, 1.165) is 12.1 Å². The molecule has 0 unspecified atom stereocenters. The maximum Gasteiger partial charge on any atom is 0.387 e. The van der Waals surface area contributed by atoms with Crippen LogP contribution in [0.25, 0.3) is 0 Å². The summed E-state index contributed by atoms with van der Waals surface area (Å²) in [6.45, 7) is -0.902. The van der Waals surface area contributed by atoms with Crippen LogP contribution < -0.4 is 10.1 Å². The lowest BCUT2D eigenvalue weighted by Gasteiger charge is -2.24. The summed E-state index contributed by atoms with van der Waals surface area (Å²) in [6.07, 6.45) is -0.201. The van der Waals surface area contributed by atoms with Crippen LogP contribution in [-0.4, -0.2) is 32.1 Å². The van der Waals surface area contributed by atoms with Crippen LogP contribution in [0.3, 0.4) is 0 Å². The molecule has 0 radical (unpaired) electrons. The zero-order valence-corrected chi connectivity index (χ0v) is 16.2. The van der Waals surface area contributed by atoms with Gasteiger partial charge in [0.1, 0.15) is 11.5 Å². The summed E-state index contributed by atoms with van der Waals surface area (Å²) in [5.41, 5.74) is 2.06. The fraction of sp³-hybridized carbons (Fsp3) is 0.333. The first kappa shape index (κ1) is 21.2. The summed E-state index contributed by atoms with van der Waals surface area (Å²) in [4.78, 5) is 12.5. The molecular weight excluding hydrogens is 402 g/mol. The van der Waals surface area contributed by atoms with Crippen molar-refractivity contribution in [1.29, 1.82) is 5.26 Å². The molecule has 0 spiro atoms. The van der Waals surface area contributed by atoms with Crippen LogP contribution in [0, 0.1) is 11.3 Å². The van der Waals surface area contributed by atoms with E-state index in [1.807, 2.05) is 12.1 Å². The fourth-order valence-corrected chi connectivity index (χ4v) is 3.43. The summed E-state index contributed by atoms with van der Waals surface area (Å²) in [7, 11) is 0. The molecule has 1 N–H and O–H groups in total. The Morgan fingerprint density at radius 2 is 2.07 bits per heavy atom. The van der Waals surface area contributed by atoms with E-state index >= 15 is 0 Å². The first-order valence-electron chi connectivity index (χ1n) is 9.06. The zero-order chi connectivity index (χ0) is 20.8. The van der Waals surface area contributed by atoms with Crippen LogP contribution in [0.2, 0.25) is 5.02 Å². The molecule has 152 valence electrons. The SMILES string of the molecule is N#Cc1ccc(OC(F)F)c(CC(=O)Cc2ccc([C@@H]3CNCCO3)cc2Cl)c1. The molecule has 8 heteroatoms. The number of ketones is 1. The maximum atomic E-state index is 12.6. The van der Waals surface area contributed by atoms with Gasteiger partial charge in [0.25, 0.3) is 0 Å². The zero-order valence-electron chi connectivity index (χ0n) is 15.5. The number of carbonyl (C=O) groups is 1. The Kier molecular flexibility index (Phi) is 7.15. The molecule has 1 aliphatic heterocycles. The normalized spacial score (nSPS) is 16.4. The molecule has 29 heavy (non-hydrogen) atoms. The van der Waals surface area contributed by atoms with Gasteiger partial charge in [0.05, 0.1) is 24.3 Å². The van der Waals surface area contributed by atoms with Gasteiger partial charge in [0.15, 0.2) is 0 Å². The van der Waals surface area contributed by atoms with Crippen LogP contribution in [0.4, 0.5) is 8.78 Å². The van der Waals surface area contributed by atoms with Crippen LogP contribution in [0.1, 0.15) is 28.4 Å². The van der Waals surface area contributed by atoms with Crippen LogP contribution in [-0.2, 0) is 22.4 Å². The second-order valence-electron chi connectivity index (χ2n) is 6.62. The van der Waals surface area contributed by atoms with E-state index in [-0.39, 0.29) is 41.6 Å². The van der Waals surface area contributed by atoms with E-state index < -0.39 is 6.61 Å². The number of nitrogens with zero attached hydrogens (tertiary/aromatic N) is 1. The number of nitriles is 1. The number of halogens is 3. The molecule has 0 saturated carbocycles. The fourth-order valence-electron chi connectivity index (χ4n) is 3.17. The summed E-state index contributed by atoms with van der Waals surface area (Å²) in [5, 5.41) is 12.7. The van der Waals surface area contributed by atoms with Gasteiger partial charge in [-0.1, -0.05) is 23.7 Å². The minimum absolute atomic E-state index is 0.0355. The summed E-state index contributed by atoms with van der Waals surface area (Å²) >= 11 is 6.35. The van der Waals surface area contributed by atoms with Crippen molar-refractivity contribution in [3.05, 3.63) is 63.7 Å². The van der Waals surface area contributed by atoms with Crippen molar-refractivity contribution >= 4 is 17.4 Å². The average Bonchev–Trinajstić information content (AvgIpc) is 2.71. The lowest BCUT2D eigenvalue weighted by atomic mass is 9.99. The first-order valence-corrected chi connectivity index (χ1v) is 9.44. The molecule has 1 heterocycles. The lowest BCUT2D eigenvalue weighted by Crippen LogP contribution is -2.33. The monoisotopic (exact) mass is 420 g/mol. The van der Waals surface area contributed by atoms with Gasteiger partial charge in [-0.3, -0.25) is 4.79 Å². The topological polar surface area (TPSA) is 71.3 Å². The second kappa shape index (κ2) is 9.79. The Labute approximate surface area is 172 Å². The number of hydrogen-bond acceptors (Lipinski definition) is 5. The molecule has 0 bridgehead atoms. The minimum Gasteiger partial charge on any atom is -0.435 e. The van der Waals surface area contributed by atoms with Gasteiger partial charge in [-0.2, -0.15) is 14.0 Å². The van der Waals surface area contributed by atoms with Crippen molar-refractivity contribution in [2.24, 2.45) is 0 Å². The second-order valence-corrected chi connectivity index (χ2v) is 7.03. The number of morpholine rings is 1. The number of hydrogen-bond donors (Lipinski definition) is 1. The summed E-state index contributed by atoms with van der Waals surface area (Å²) < 4.78 is 35.4. The van der Waals surface area contributed by atoms with Gasteiger partial charge in [0, 0.05) is 36.5 Å². The average molecular weight is 421 g/mol. The highest BCUT2D eigenvalue weighted by Crippen LogP contribution is 2.27. The molecule has 1 atom stereocenters. The Morgan fingerprint density at radius 3 is 2.72 bits per heavy atom. The van der Waals surface area contributed by atoms with E-state index in [2.05, 4.69) is 10.1 Å². The van der Waals surface area contributed by atoms with Gasteiger partial charge >= 0.3 is 6.61 Å². The number of rotatable bonds is 7. The standard InChI is InChI=1S/C21H19ClF2N2O3/c22-18-10-15(20-12-26-5-6-28-20)3-2-14(18)8-17(27)9-16-7-13(11-25)1-4-19(16)29-21(23)24/h1-4,7,10,20-21,26H,5-6,8-9,12H2/t20-/m0/s1. The molecule has 0 aromatic heterocycles. The van der Waals surface area contributed by atoms with Crippen molar-refractivity contribution in [2.45, 2.75) is 25.6 Å². The highest BCUT2D eigenvalue weighted by Gasteiger charge is 2.18. The molecular formula is C21H19ClF2N2O3. The van der Waals surface area contributed by atoms with Gasteiger partial charge in [-0.25, -0.2) is 0 Å². The van der Waals surface area contributed by atoms with Crippen molar-refractivity contribution < 1.29 is 23.0 Å². The minimum atomic E-state index is -3.02. The third-order valence-corrected chi connectivity index (χ3v) is 4.91. The van der Waals surface area contributed by atoms with Gasteiger partial charge in [-0.15, -0.1) is 0 Å². The largest absolute Gasteiger partial charge is 0.435 e. The maximum absolute atomic E-state index is 12.6. The molecule has 2 aromatic carbocycles. The quantitative estimate of drug-likeness (QED) is 0.737. The van der Waals surface area contributed by atoms with Crippen molar-refractivity contribution in [3.63, 3.8) is 0 Å². The number of nitrogens with one attached hydrogen (secondary N) is 1. The molecule has 0 aliphatic carbocycles. The predicted molar refractivity (Wildman–Crippen MR) is 103 cm³/mol.